The molecule has 1 amide bonds. The van der Waals surface area contributed by atoms with Gasteiger partial charge in [-0.05, 0) is 44.2 Å². The van der Waals surface area contributed by atoms with E-state index in [-0.39, 0.29) is 23.6 Å². The topological polar surface area (TPSA) is 23.6 Å². The van der Waals surface area contributed by atoms with E-state index in [9.17, 15) is 18.0 Å². The van der Waals surface area contributed by atoms with E-state index in [0.29, 0.717) is 0 Å². The van der Waals surface area contributed by atoms with Gasteiger partial charge >= 0.3 is 6.18 Å². The molecule has 0 heterocycles. The van der Waals surface area contributed by atoms with Gasteiger partial charge in [-0.1, -0.05) is 18.9 Å². The summed E-state index contributed by atoms with van der Waals surface area (Å²) in [4.78, 5) is 16.6. The van der Waals surface area contributed by atoms with E-state index in [1.54, 1.807) is 11.9 Å². The normalized spacial score (nSPS) is 21.2. The molecule has 0 saturated heterocycles. The largest absolute Gasteiger partial charge is 0.416 e. The second-order valence-corrected chi connectivity index (χ2v) is 6.64. The molecule has 2 rings (SSSR count). The Morgan fingerprint density at radius 2 is 1.72 bits per heavy atom. The van der Waals surface area contributed by atoms with Gasteiger partial charge in [-0.3, -0.25) is 9.69 Å². The molecule has 1 aliphatic rings. The van der Waals surface area contributed by atoms with Crippen LogP contribution in [0.25, 0.3) is 0 Å². The SMILES string of the molecule is C=CCN(C)[C@@H]1CCCC[C@H]1N(C)C(=O)c1ccc(C(F)(F)F)cc1. The van der Waals surface area contributed by atoms with Gasteiger partial charge in [-0.15, -0.1) is 6.58 Å². The molecule has 0 radical (unpaired) electrons. The lowest BCUT2D eigenvalue weighted by Crippen LogP contribution is -2.52. The van der Waals surface area contributed by atoms with E-state index in [4.69, 9.17) is 0 Å². The molecule has 3 nitrogen and oxygen atoms in total. The molecule has 0 unspecified atom stereocenters. The van der Waals surface area contributed by atoms with Crippen LogP contribution in [0.1, 0.15) is 41.6 Å². The highest BCUT2D eigenvalue weighted by Crippen LogP contribution is 2.30. The van der Waals surface area contributed by atoms with Crippen molar-refractivity contribution in [1.82, 2.24) is 9.80 Å². The van der Waals surface area contributed by atoms with Gasteiger partial charge in [0.2, 0.25) is 0 Å². The molecule has 6 heteroatoms. The number of alkyl halides is 3. The summed E-state index contributed by atoms with van der Waals surface area (Å²) in [5.74, 6) is -0.238. The zero-order valence-corrected chi connectivity index (χ0v) is 14.7. The van der Waals surface area contributed by atoms with Crippen LogP contribution in [0.3, 0.4) is 0 Å². The molecular weight excluding hydrogens is 329 g/mol. The van der Waals surface area contributed by atoms with Gasteiger partial charge in [0, 0.05) is 31.2 Å². The minimum Gasteiger partial charge on any atom is -0.337 e. The second kappa shape index (κ2) is 8.04. The van der Waals surface area contributed by atoms with Crippen molar-refractivity contribution in [3.8, 4) is 0 Å². The molecule has 0 N–H and O–H groups in total. The number of nitrogens with zero attached hydrogens (tertiary/aromatic N) is 2. The summed E-state index contributed by atoms with van der Waals surface area (Å²) < 4.78 is 38.0. The van der Waals surface area contributed by atoms with Crippen molar-refractivity contribution in [1.29, 1.82) is 0 Å². The molecule has 1 fully saturated rings. The quantitative estimate of drug-likeness (QED) is 0.740. The third kappa shape index (κ3) is 4.63. The van der Waals surface area contributed by atoms with Crippen LogP contribution in [-0.4, -0.2) is 48.4 Å². The Balaban J connectivity index is 2.15. The van der Waals surface area contributed by atoms with Crippen LogP contribution in [0.15, 0.2) is 36.9 Å². The fraction of sp³-hybridized carbons (Fsp3) is 0.526. The number of likely N-dealkylation sites (N-methyl/N-ethyl adjacent to an activating group) is 2. The van der Waals surface area contributed by atoms with Crippen LogP contribution in [0.4, 0.5) is 13.2 Å². The Bertz CT molecular complexity index is 598. The predicted octanol–water partition coefficient (Wildman–Crippen LogP) is 4.21. The molecule has 0 bridgehead atoms. The zero-order chi connectivity index (χ0) is 18.6. The Hall–Kier alpha value is -1.82. The number of hydrogen-bond donors (Lipinski definition) is 0. The summed E-state index contributed by atoms with van der Waals surface area (Å²) in [6, 6.07) is 4.72. The van der Waals surface area contributed by atoms with Gasteiger partial charge in [0.25, 0.3) is 5.91 Å². The molecular formula is C19H25F3N2O. The van der Waals surface area contributed by atoms with Crippen molar-refractivity contribution < 1.29 is 18.0 Å². The van der Waals surface area contributed by atoms with E-state index in [2.05, 4.69) is 11.5 Å². The molecule has 1 aromatic rings. The Morgan fingerprint density at radius 3 is 2.24 bits per heavy atom. The van der Waals surface area contributed by atoms with Gasteiger partial charge < -0.3 is 4.90 Å². The van der Waals surface area contributed by atoms with E-state index < -0.39 is 11.7 Å². The van der Waals surface area contributed by atoms with Crippen molar-refractivity contribution in [2.24, 2.45) is 0 Å². The number of halogens is 3. The van der Waals surface area contributed by atoms with Gasteiger partial charge in [0.15, 0.2) is 0 Å². The maximum absolute atomic E-state index is 12.7. The van der Waals surface area contributed by atoms with E-state index in [0.717, 1.165) is 44.4 Å². The summed E-state index contributed by atoms with van der Waals surface area (Å²) in [6.45, 7) is 4.50. The average molecular weight is 354 g/mol. The number of carbonyl (C=O) groups excluding carboxylic acids is 1. The van der Waals surface area contributed by atoms with Crippen LogP contribution in [0.5, 0.6) is 0 Å². The minimum absolute atomic E-state index is 0.0495. The summed E-state index contributed by atoms with van der Waals surface area (Å²) in [5.41, 5.74) is -0.459. The zero-order valence-electron chi connectivity index (χ0n) is 14.7. The molecule has 1 aliphatic carbocycles. The van der Waals surface area contributed by atoms with Crippen LogP contribution in [-0.2, 0) is 6.18 Å². The van der Waals surface area contributed by atoms with Crippen molar-refractivity contribution in [2.75, 3.05) is 20.6 Å². The third-order valence-corrected chi connectivity index (χ3v) is 4.95. The summed E-state index contributed by atoms with van der Waals surface area (Å²) in [5, 5.41) is 0. The van der Waals surface area contributed by atoms with Crippen molar-refractivity contribution in [3.63, 3.8) is 0 Å². The maximum atomic E-state index is 12.7. The number of benzene rings is 1. The first kappa shape index (κ1) is 19.5. The molecule has 0 aliphatic heterocycles. The number of hydrogen-bond acceptors (Lipinski definition) is 2. The minimum atomic E-state index is -4.39. The number of amides is 1. The molecule has 0 aromatic heterocycles. The van der Waals surface area contributed by atoms with Gasteiger partial charge in [-0.2, -0.15) is 13.2 Å². The summed E-state index contributed by atoms with van der Waals surface area (Å²) in [7, 11) is 3.76. The molecule has 1 saturated carbocycles. The van der Waals surface area contributed by atoms with Crippen molar-refractivity contribution in [2.45, 2.75) is 43.9 Å². The van der Waals surface area contributed by atoms with Crippen LogP contribution in [0.2, 0.25) is 0 Å². The smallest absolute Gasteiger partial charge is 0.337 e. The van der Waals surface area contributed by atoms with Crippen LogP contribution >= 0.6 is 0 Å². The predicted molar refractivity (Wildman–Crippen MR) is 92.4 cm³/mol. The van der Waals surface area contributed by atoms with Gasteiger partial charge in [-0.25, -0.2) is 0 Å². The van der Waals surface area contributed by atoms with Gasteiger partial charge in [0.05, 0.1) is 5.56 Å². The fourth-order valence-electron chi connectivity index (χ4n) is 3.55. The van der Waals surface area contributed by atoms with Crippen LogP contribution < -0.4 is 0 Å². The average Bonchev–Trinajstić information content (AvgIpc) is 2.60. The monoisotopic (exact) mass is 354 g/mol. The summed E-state index contributed by atoms with van der Waals surface area (Å²) >= 11 is 0. The van der Waals surface area contributed by atoms with E-state index in [1.807, 2.05) is 13.1 Å². The van der Waals surface area contributed by atoms with Crippen molar-refractivity contribution in [3.05, 3.63) is 48.0 Å². The highest BCUT2D eigenvalue weighted by molar-refractivity contribution is 5.94. The molecule has 25 heavy (non-hydrogen) atoms. The molecule has 1 aromatic carbocycles. The lowest BCUT2D eigenvalue weighted by molar-refractivity contribution is -0.137. The maximum Gasteiger partial charge on any atom is 0.416 e. The molecule has 0 spiro atoms. The second-order valence-electron chi connectivity index (χ2n) is 6.64. The Labute approximate surface area is 147 Å². The highest BCUT2D eigenvalue weighted by atomic mass is 19.4. The Morgan fingerprint density at radius 1 is 1.16 bits per heavy atom. The summed E-state index contributed by atoms with van der Waals surface area (Å²) in [6.07, 6.45) is 1.51. The number of carbonyl (C=O) groups is 1. The Kier molecular flexibility index (Phi) is 6.27. The third-order valence-electron chi connectivity index (χ3n) is 4.95. The highest BCUT2D eigenvalue weighted by Gasteiger charge is 2.34. The first-order valence-electron chi connectivity index (χ1n) is 8.51. The number of rotatable bonds is 5. The molecule has 138 valence electrons. The van der Waals surface area contributed by atoms with Crippen LogP contribution in [0, 0.1) is 0 Å². The van der Waals surface area contributed by atoms with E-state index >= 15 is 0 Å². The fourth-order valence-corrected chi connectivity index (χ4v) is 3.55. The molecule has 2 atom stereocenters. The standard InChI is InChI=1S/C19H25F3N2O/c1-4-13-23(2)16-7-5-6-8-17(16)24(3)18(25)14-9-11-15(12-10-14)19(20,21)22/h4,9-12,16-17H,1,5-8,13H2,2-3H3/t16-,17-/m1/s1. The first-order chi connectivity index (χ1) is 11.8. The lowest BCUT2D eigenvalue weighted by Gasteiger charge is -2.42. The first-order valence-corrected chi connectivity index (χ1v) is 8.51. The van der Waals surface area contributed by atoms with Gasteiger partial charge in [0.1, 0.15) is 0 Å². The van der Waals surface area contributed by atoms with Crippen molar-refractivity contribution >= 4 is 5.91 Å². The lowest BCUT2D eigenvalue weighted by atomic mass is 9.88. The van der Waals surface area contributed by atoms with E-state index in [1.165, 1.54) is 12.1 Å².